The third-order valence-corrected chi connectivity index (χ3v) is 2.73. The van der Waals surface area contributed by atoms with E-state index in [-0.39, 0.29) is 18.0 Å². The Labute approximate surface area is 84.5 Å². The zero-order valence-electron chi connectivity index (χ0n) is 8.82. The van der Waals surface area contributed by atoms with E-state index in [4.69, 9.17) is 18.9 Å². The maximum atomic E-state index is 5.57. The van der Waals surface area contributed by atoms with Gasteiger partial charge in [-0.2, -0.15) is 0 Å². The van der Waals surface area contributed by atoms with Gasteiger partial charge in [-0.05, 0) is 13.3 Å². The summed E-state index contributed by atoms with van der Waals surface area (Å²) in [6.45, 7) is 6.66. The lowest BCUT2D eigenvalue weighted by Crippen LogP contribution is -2.51. The minimum Gasteiger partial charge on any atom is -0.352 e. The van der Waals surface area contributed by atoms with E-state index in [9.17, 15) is 0 Å². The molecule has 0 bridgehead atoms. The molecule has 2 heterocycles. The predicted molar refractivity (Wildman–Crippen MR) is 49.8 cm³/mol. The first kappa shape index (κ1) is 10.4. The third-order valence-electron chi connectivity index (χ3n) is 2.73. The molecule has 2 aliphatic rings. The van der Waals surface area contributed by atoms with E-state index in [2.05, 4.69) is 6.92 Å². The van der Waals surface area contributed by atoms with Crippen molar-refractivity contribution in [2.24, 2.45) is 5.41 Å². The lowest BCUT2D eigenvalue weighted by atomic mass is 9.91. The molecule has 2 fully saturated rings. The summed E-state index contributed by atoms with van der Waals surface area (Å²) in [5, 5.41) is 0. The van der Waals surface area contributed by atoms with Crippen LogP contribution in [0.5, 0.6) is 0 Å². The molecule has 0 aromatic heterocycles. The Kier molecular flexibility index (Phi) is 3.07. The second kappa shape index (κ2) is 4.14. The molecule has 0 aliphatic carbocycles. The van der Waals surface area contributed by atoms with Crippen molar-refractivity contribution in [2.75, 3.05) is 26.4 Å². The standard InChI is InChI=1S/C10H18O4/c1-3-9-13-6-10(7-14-9)4-11-8(2)12-5-10/h8-9H,3-7H2,1-2H3. The SMILES string of the molecule is CCC1OCC2(COC(C)OC2)CO1. The Hall–Kier alpha value is -0.160. The lowest BCUT2D eigenvalue weighted by molar-refractivity contribution is -0.298. The smallest absolute Gasteiger partial charge is 0.157 e. The summed E-state index contributed by atoms with van der Waals surface area (Å²) in [4.78, 5) is 0. The molecule has 1 spiro atoms. The molecule has 2 aliphatic heterocycles. The van der Waals surface area contributed by atoms with Crippen LogP contribution in [0.1, 0.15) is 20.3 Å². The average molecular weight is 202 g/mol. The molecule has 0 aromatic rings. The van der Waals surface area contributed by atoms with Crippen molar-refractivity contribution in [1.82, 2.24) is 0 Å². The van der Waals surface area contributed by atoms with E-state index in [0.717, 1.165) is 6.42 Å². The first-order valence-electron chi connectivity index (χ1n) is 5.20. The number of ether oxygens (including phenoxy) is 4. The molecule has 4 heteroatoms. The fourth-order valence-electron chi connectivity index (χ4n) is 1.71. The molecule has 4 nitrogen and oxygen atoms in total. The highest BCUT2D eigenvalue weighted by molar-refractivity contribution is 4.83. The molecule has 0 radical (unpaired) electrons. The van der Waals surface area contributed by atoms with Crippen LogP contribution in [0, 0.1) is 5.41 Å². The third kappa shape index (κ3) is 2.08. The minimum absolute atomic E-state index is 0.0417. The summed E-state index contributed by atoms with van der Waals surface area (Å²) in [6.07, 6.45) is 0.762. The van der Waals surface area contributed by atoms with Crippen molar-refractivity contribution in [3.8, 4) is 0 Å². The van der Waals surface area contributed by atoms with Gasteiger partial charge in [0.1, 0.15) is 0 Å². The van der Waals surface area contributed by atoms with Gasteiger partial charge in [0.15, 0.2) is 12.6 Å². The molecule has 82 valence electrons. The van der Waals surface area contributed by atoms with E-state index >= 15 is 0 Å². The Bertz CT molecular complexity index is 177. The quantitative estimate of drug-likeness (QED) is 0.639. The number of rotatable bonds is 1. The van der Waals surface area contributed by atoms with E-state index < -0.39 is 0 Å². The summed E-state index contributed by atoms with van der Waals surface area (Å²) in [6, 6.07) is 0. The van der Waals surface area contributed by atoms with E-state index in [0.29, 0.717) is 26.4 Å². The van der Waals surface area contributed by atoms with Crippen LogP contribution in [0.15, 0.2) is 0 Å². The molecule has 0 saturated carbocycles. The Morgan fingerprint density at radius 1 is 1.00 bits per heavy atom. The molecule has 0 atom stereocenters. The highest BCUT2D eigenvalue weighted by atomic mass is 16.7. The van der Waals surface area contributed by atoms with E-state index in [1.807, 2.05) is 6.92 Å². The van der Waals surface area contributed by atoms with Crippen LogP contribution in [0.4, 0.5) is 0 Å². The van der Waals surface area contributed by atoms with E-state index in [1.54, 1.807) is 0 Å². The zero-order chi connectivity index (χ0) is 10.0. The van der Waals surface area contributed by atoms with Crippen molar-refractivity contribution < 1.29 is 18.9 Å². The van der Waals surface area contributed by atoms with Gasteiger partial charge in [-0.1, -0.05) is 6.92 Å². The minimum atomic E-state index is -0.0930. The number of hydrogen-bond donors (Lipinski definition) is 0. The summed E-state index contributed by atoms with van der Waals surface area (Å²) in [5.74, 6) is 0. The van der Waals surface area contributed by atoms with Gasteiger partial charge in [0, 0.05) is 0 Å². The topological polar surface area (TPSA) is 36.9 Å². The molecule has 0 unspecified atom stereocenters. The fourth-order valence-corrected chi connectivity index (χ4v) is 1.71. The zero-order valence-corrected chi connectivity index (χ0v) is 8.82. The van der Waals surface area contributed by atoms with Crippen molar-refractivity contribution in [2.45, 2.75) is 32.8 Å². The monoisotopic (exact) mass is 202 g/mol. The van der Waals surface area contributed by atoms with Gasteiger partial charge in [0.05, 0.1) is 31.8 Å². The number of hydrogen-bond acceptors (Lipinski definition) is 4. The Morgan fingerprint density at radius 3 is 2.00 bits per heavy atom. The van der Waals surface area contributed by atoms with Gasteiger partial charge < -0.3 is 18.9 Å². The van der Waals surface area contributed by atoms with Crippen LogP contribution in [-0.2, 0) is 18.9 Å². The maximum Gasteiger partial charge on any atom is 0.157 e. The lowest BCUT2D eigenvalue weighted by Gasteiger charge is -2.43. The van der Waals surface area contributed by atoms with Gasteiger partial charge in [-0.3, -0.25) is 0 Å². The molecule has 2 rings (SSSR count). The van der Waals surface area contributed by atoms with Gasteiger partial charge in [0.2, 0.25) is 0 Å². The van der Waals surface area contributed by atoms with Crippen LogP contribution >= 0.6 is 0 Å². The summed E-state index contributed by atoms with van der Waals surface area (Å²) < 4.78 is 22.1. The first-order valence-corrected chi connectivity index (χ1v) is 5.20. The van der Waals surface area contributed by atoms with Gasteiger partial charge >= 0.3 is 0 Å². The Balaban J connectivity index is 1.86. The molecule has 0 aromatic carbocycles. The average Bonchev–Trinajstić information content (AvgIpc) is 2.24. The highest BCUT2D eigenvalue weighted by Crippen LogP contribution is 2.30. The van der Waals surface area contributed by atoms with Crippen molar-refractivity contribution >= 4 is 0 Å². The Morgan fingerprint density at radius 2 is 1.50 bits per heavy atom. The second-order valence-electron chi connectivity index (χ2n) is 4.15. The normalized spacial score (nSPS) is 44.1. The maximum absolute atomic E-state index is 5.57. The highest BCUT2D eigenvalue weighted by Gasteiger charge is 2.40. The largest absolute Gasteiger partial charge is 0.352 e. The van der Waals surface area contributed by atoms with Gasteiger partial charge in [-0.25, -0.2) is 0 Å². The molecular formula is C10H18O4. The van der Waals surface area contributed by atoms with Crippen molar-refractivity contribution in [1.29, 1.82) is 0 Å². The van der Waals surface area contributed by atoms with Crippen LogP contribution < -0.4 is 0 Å². The molecule has 2 saturated heterocycles. The van der Waals surface area contributed by atoms with Crippen LogP contribution in [-0.4, -0.2) is 39.0 Å². The molecule has 0 amide bonds. The second-order valence-corrected chi connectivity index (χ2v) is 4.15. The van der Waals surface area contributed by atoms with E-state index in [1.165, 1.54) is 0 Å². The first-order chi connectivity index (χ1) is 6.74. The van der Waals surface area contributed by atoms with Gasteiger partial charge in [-0.15, -0.1) is 0 Å². The predicted octanol–water partition coefficient (Wildman–Crippen LogP) is 1.15. The van der Waals surface area contributed by atoms with Crippen LogP contribution in [0.3, 0.4) is 0 Å². The summed E-state index contributed by atoms with van der Waals surface area (Å²) >= 11 is 0. The molecular weight excluding hydrogens is 184 g/mol. The van der Waals surface area contributed by atoms with Crippen LogP contribution in [0.2, 0.25) is 0 Å². The van der Waals surface area contributed by atoms with Crippen LogP contribution in [0.25, 0.3) is 0 Å². The van der Waals surface area contributed by atoms with Crippen molar-refractivity contribution in [3.05, 3.63) is 0 Å². The van der Waals surface area contributed by atoms with Gasteiger partial charge in [0.25, 0.3) is 0 Å². The molecule has 14 heavy (non-hydrogen) atoms. The fraction of sp³-hybridized carbons (Fsp3) is 1.00. The summed E-state index contributed by atoms with van der Waals surface area (Å²) in [5.41, 5.74) is -0.0713. The van der Waals surface area contributed by atoms with Crippen molar-refractivity contribution in [3.63, 3.8) is 0 Å². The molecule has 0 N–H and O–H groups in total. The summed E-state index contributed by atoms with van der Waals surface area (Å²) in [7, 11) is 0.